The fourth-order valence-corrected chi connectivity index (χ4v) is 3.37. The van der Waals surface area contributed by atoms with Gasteiger partial charge in [-0.2, -0.15) is 5.10 Å². The standard InChI is InChI=1S/C21H31N7O3.HI/c1-4-22-21(23-10-11-31-18-7-5-6-16(12-18)24-15(2)29)25-17-8-9-20-26-19(14-30-3)27-28(20)13-17;/h5-7,12,17H,4,8-11,13-14H2,1-3H3,(H,24,29)(H2,22,23,25);1H. The van der Waals surface area contributed by atoms with Crippen LogP contribution in [0.25, 0.3) is 0 Å². The monoisotopic (exact) mass is 557 g/mol. The minimum atomic E-state index is -0.112. The summed E-state index contributed by atoms with van der Waals surface area (Å²) in [6.45, 7) is 6.38. The van der Waals surface area contributed by atoms with Gasteiger partial charge in [0.1, 0.15) is 24.8 Å². The van der Waals surface area contributed by atoms with Gasteiger partial charge in [0, 0.05) is 44.8 Å². The molecule has 1 aromatic carbocycles. The van der Waals surface area contributed by atoms with E-state index in [1.807, 2.05) is 29.8 Å². The molecule has 0 saturated heterocycles. The molecule has 0 fully saturated rings. The SMILES string of the molecule is CCNC(=NCCOc1cccc(NC(C)=O)c1)NC1CCc2nc(COC)nn2C1.I. The van der Waals surface area contributed by atoms with Crippen molar-refractivity contribution in [3.63, 3.8) is 0 Å². The first-order valence-corrected chi connectivity index (χ1v) is 10.5. The molecule has 0 saturated carbocycles. The molecule has 1 aliphatic rings. The maximum atomic E-state index is 11.2. The van der Waals surface area contributed by atoms with E-state index in [9.17, 15) is 4.79 Å². The fourth-order valence-electron chi connectivity index (χ4n) is 3.37. The molecule has 3 N–H and O–H groups in total. The number of carbonyl (C=O) groups excluding carboxylic acids is 1. The first-order chi connectivity index (χ1) is 15.1. The lowest BCUT2D eigenvalue weighted by Crippen LogP contribution is -2.47. The van der Waals surface area contributed by atoms with Crippen LogP contribution in [0.3, 0.4) is 0 Å². The molecule has 1 atom stereocenters. The third-order valence-electron chi connectivity index (χ3n) is 4.64. The van der Waals surface area contributed by atoms with Gasteiger partial charge in [0.25, 0.3) is 0 Å². The third-order valence-corrected chi connectivity index (χ3v) is 4.64. The number of fused-ring (bicyclic) bond motifs is 1. The molecule has 0 bridgehead atoms. The molecule has 1 amide bonds. The lowest BCUT2D eigenvalue weighted by Gasteiger charge is -2.25. The van der Waals surface area contributed by atoms with Crippen molar-refractivity contribution in [2.45, 2.75) is 45.9 Å². The van der Waals surface area contributed by atoms with Crippen LogP contribution in [0.2, 0.25) is 0 Å². The number of benzene rings is 1. The number of amides is 1. The van der Waals surface area contributed by atoms with E-state index in [2.05, 4.69) is 31.0 Å². The number of aromatic nitrogens is 3. The molecular weight excluding hydrogens is 525 g/mol. The van der Waals surface area contributed by atoms with Crippen molar-refractivity contribution in [3.05, 3.63) is 35.9 Å². The number of rotatable bonds is 9. The van der Waals surface area contributed by atoms with Crippen LogP contribution in [0, 0.1) is 0 Å². The molecule has 1 unspecified atom stereocenters. The molecule has 10 nitrogen and oxygen atoms in total. The largest absolute Gasteiger partial charge is 0.492 e. The van der Waals surface area contributed by atoms with Crippen molar-refractivity contribution >= 4 is 41.5 Å². The number of hydrogen-bond acceptors (Lipinski definition) is 6. The summed E-state index contributed by atoms with van der Waals surface area (Å²) in [7, 11) is 1.65. The summed E-state index contributed by atoms with van der Waals surface area (Å²) in [4.78, 5) is 20.3. The smallest absolute Gasteiger partial charge is 0.221 e. The van der Waals surface area contributed by atoms with Gasteiger partial charge in [0.2, 0.25) is 5.91 Å². The zero-order chi connectivity index (χ0) is 22.1. The average molecular weight is 557 g/mol. The molecule has 32 heavy (non-hydrogen) atoms. The van der Waals surface area contributed by atoms with Gasteiger partial charge >= 0.3 is 0 Å². The molecule has 0 spiro atoms. The quantitative estimate of drug-likeness (QED) is 0.187. The molecule has 176 valence electrons. The van der Waals surface area contributed by atoms with Crippen LogP contribution >= 0.6 is 24.0 Å². The van der Waals surface area contributed by atoms with Crippen LogP contribution in [-0.2, 0) is 29.1 Å². The Morgan fingerprint density at radius 2 is 2.22 bits per heavy atom. The zero-order valence-electron chi connectivity index (χ0n) is 18.8. The summed E-state index contributed by atoms with van der Waals surface area (Å²) in [6.07, 6.45) is 1.82. The van der Waals surface area contributed by atoms with Crippen molar-refractivity contribution in [3.8, 4) is 5.75 Å². The number of methoxy groups -OCH3 is 1. The summed E-state index contributed by atoms with van der Waals surface area (Å²) in [5.74, 6) is 3.06. The van der Waals surface area contributed by atoms with E-state index in [0.29, 0.717) is 31.2 Å². The lowest BCUT2D eigenvalue weighted by molar-refractivity contribution is -0.114. The van der Waals surface area contributed by atoms with Gasteiger partial charge in [-0.1, -0.05) is 6.07 Å². The van der Waals surface area contributed by atoms with Gasteiger partial charge in [-0.25, -0.2) is 14.7 Å². The van der Waals surface area contributed by atoms with E-state index in [0.717, 1.165) is 43.5 Å². The predicted molar refractivity (Wildman–Crippen MR) is 134 cm³/mol. The Labute approximate surface area is 205 Å². The van der Waals surface area contributed by atoms with Crippen LogP contribution < -0.4 is 20.7 Å². The number of halogens is 1. The maximum Gasteiger partial charge on any atom is 0.221 e. The maximum absolute atomic E-state index is 11.2. The van der Waals surface area contributed by atoms with Crippen molar-refractivity contribution in [2.75, 3.05) is 32.1 Å². The Hall–Kier alpha value is -2.41. The van der Waals surface area contributed by atoms with Crippen molar-refractivity contribution in [1.82, 2.24) is 25.4 Å². The Morgan fingerprint density at radius 3 is 2.97 bits per heavy atom. The molecule has 11 heteroatoms. The number of aliphatic imine (C=N–C) groups is 1. The van der Waals surface area contributed by atoms with Crippen molar-refractivity contribution in [2.24, 2.45) is 4.99 Å². The van der Waals surface area contributed by atoms with E-state index >= 15 is 0 Å². The normalized spacial score (nSPS) is 15.3. The minimum Gasteiger partial charge on any atom is -0.492 e. The van der Waals surface area contributed by atoms with E-state index < -0.39 is 0 Å². The number of hydrogen-bond donors (Lipinski definition) is 3. The molecule has 2 aromatic rings. The second-order valence-corrected chi connectivity index (χ2v) is 7.26. The molecule has 0 aliphatic carbocycles. The third kappa shape index (κ3) is 7.93. The molecule has 3 rings (SSSR count). The van der Waals surface area contributed by atoms with Crippen molar-refractivity contribution in [1.29, 1.82) is 0 Å². The van der Waals surface area contributed by atoms with Gasteiger partial charge in [-0.3, -0.25) is 4.79 Å². The second kappa shape index (κ2) is 13.2. The van der Waals surface area contributed by atoms with Crippen molar-refractivity contribution < 1.29 is 14.3 Å². The highest BCUT2D eigenvalue weighted by Crippen LogP contribution is 2.17. The first-order valence-electron chi connectivity index (χ1n) is 10.5. The van der Waals surface area contributed by atoms with Gasteiger partial charge in [-0.15, -0.1) is 24.0 Å². The topological polar surface area (TPSA) is 115 Å². The summed E-state index contributed by atoms with van der Waals surface area (Å²) >= 11 is 0. The van der Waals surface area contributed by atoms with E-state index in [1.165, 1.54) is 6.92 Å². The summed E-state index contributed by atoms with van der Waals surface area (Å²) in [5.41, 5.74) is 0.710. The number of ether oxygens (including phenoxy) is 2. The molecule has 0 radical (unpaired) electrons. The van der Waals surface area contributed by atoms with E-state index in [-0.39, 0.29) is 35.9 Å². The van der Waals surface area contributed by atoms with Crippen LogP contribution in [0.4, 0.5) is 5.69 Å². The molecule has 1 aromatic heterocycles. The van der Waals surface area contributed by atoms with E-state index in [1.54, 1.807) is 13.2 Å². The number of aryl methyl sites for hydroxylation is 1. The summed E-state index contributed by atoms with van der Waals surface area (Å²) in [6, 6.07) is 7.54. The Kier molecular flexibility index (Phi) is 10.7. The van der Waals surface area contributed by atoms with Crippen LogP contribution in [0.5, 0.6) is 5.75 Å². The first kappa shape index (κ1) is 25.8. The molecule has 2 heterocycles. The summed E-state index contributed by atoms with van der Waals surface area (Å²) < 4.78 is 12.8. The number of nitrogens with one attached hydrogen (secondary N) is 3. The number of anilines is 1. The van der Waals surface area contributed by atoms with Gasteiger partial charge in [0.15, 0.2) is 11.8 Å². The van der Waals surface area contributed by atoms with Gasteiger partial charge in [-0.05, 0) is 25.5 Å². The summed E-state index contributed by atoms with van der Waals surface area (Å²) in [5, 5.41) is 14.0. The van der Waals surface area contributed by atoms with Gasteiger partial charge < -0.3 is 25.4 Å². The highest BCUT2D eigenvalue weighted by Gasteiger charge is 2.22. The second-order valence-electron chi connectivity index (χ2n) is 7.26. The Bertz CT molecular complexity index is 903. The molecular formula is C21H32IN7O3. The zero-order valence-corrected chi connectivity index (χ0v) is 21.1. The Balaban J connectivity index is 0.00000363. The number of nitrogens with zero attached hydrogens (tertiary/aromatic N) is 4. The average Bonchev–Trinajstić information content (AvgIpc) is 3.13. The van der Waals surface area contributed by atoms with Crippen LogP contribution in [0.1, 0.15) is 31.9 Å². The lowest BCUT2D eigenvalue weighted by atomic mass is 10.1. The number of carbonyl (C=O) groups is 1. The predicted octanol–water partition coefficient (Wildman–Crippen LogP) is 1.95. The Morgan fingerprint density at radius 1 is 1.38 bits per heavy atom. The highest BCUT2D eigenvalue weighted by atomic mass is 127. The number of guanidine groups is 1. The van der Waals surface area contributed by atoms with E-state index in [4.69, 9.17) is 9.47 Å². The highest BCUT2D eigenvalue weighted by molar-refractivity contribution is 14.0. The molecule has 1 aliphatic heterocycles. The van der Waals surface area contributed by atoms with Crippen LogP contribution in [-0.4, -0.2) is 59.5 Å². The van der Waals surface area contributed by atoms with Gasteiger partial charge in [0.05, 0.1) is 13.1 Å². The fraction of sp³-hybridized carbons (Fsp3) is 0.524. The van der Waals surface area contributed by atoms with Crippen LogP contribution in [0.15, 0.2) is 29.3 Å². The minimum absolute atomic E-state index is 0.